The van der Waals surface area contributed by atoms with E-state index in [-0.39, 0.29) is 5.84 Å². The molecule has 19 heavy (non-hydrogen) atoms. The van der Waals surface area contributed by atoms with Crippen molar-refractivity contribution in [3.05, 3.63) is 29.3 Å². The Hall–Kier alpha value is -1.71. The summed E-state index contributed by atoms with van der Waals surface area (Å²) in [6.07, 6.45) is 2.35. The quantitative estimate of drug-likeness (QED) is 0.261. The molecule has 0 atom stereocenters. The molecular formula is C15H24N2O2. The van der Waals surface area contributed by atoms with Gasteiger partial charge in [-0.3, -0.25) is 0 Å². The second kappa shape index (κ2) is 7.67. The van der Waals surface area contributed by atoms with Gasteiger partial charge in [0, 0.05) is 6.42 Å². The highest BCUT2D eigenvalue weighted by molar-refractivity contribution is 5.79. The zero-order chi connectivity index (χ0) is 14.3. The first kappa shape index (κ1) is 15.3. The van der Waals surface area contributed by atoms with Gasteiger partial charge in [-0.15, -0.1) is 0 Å². The highest BCUT2D eigenvalue weighted by atomic mass is 16.5. The number of rotatable bonds is 7. The van der Waals surface area contributed by atoms with E-state index in [1.165, 1.54) is 11.1 Å². The van der Waals surface area contributed by atoms with Crippen molar-refractivity contribution in [3.8, 4) is 5.75 Å². The van der Waals surface area contributed by atoms with Gasteiger partial charge < -0.3 is 15.7 Å². The lowest BCUT2D eigenvalue weighted by Gasteiger charge is -2.14. The van der Waals surface area contributed by atoms with Crippen molar-refractivity contribution >= 4 is 5.84 Å². The average molecular weight is 264 g/mol. The third kappa shape index (κ3) is 5.20. The van der Waals surface area contributed by atoms with Gasteiger partial charge in [0.05, 0.1) is 6.61 Å². The SMILES string of the molecule is Cc1ccc(C(C)C)c(OCCCC/C(N)=N/O)c1. The molecule has 0 unspecified atom stereocenters. The van der Waals surface area contributed by atoms with Crippen LogP contribution < -0.4 is 10.5 Å². The summed E-state index contributed by atoms with van der Waals surface area (Å²) in [6.45, 7) is 7.04. The molecule has 0 aliphatic heterocycles. The van der Waals surface area contributed by atoms with Crippen molar-refractivity contribution in [3.63, 3.8) is 0 Å². The summed E-state index contributed by atoms with van der Waals surface area (Å²) in [5.74, 6) is 1.70. The molecule has 4 nitrogen and oxygen atoms in total. The van der Waals surface area contributed by atoms with Crippen LogP contribution in [0.2, 0.25) is 0 Å². The smallest absolute Gasteiger partial charge is 0.139 e. The number of aryl methyl sites for hydroxylation is 1. The maximum absolute atomic E-state index is 8.43. The Kier molecular flexibility index (Phi) is 6.19. The van der Waals surface area contributed by atoms with Crippen LogP contribution in [-0.4, -0.2) is 17.6 Å². The summed E-state index contributed by atoms with van der Waals surface area (Å²) in [5, 5.41) is 11.4. The van der Waals surface area contributed by atoms with Crippen molar-refractivity contribution in [2.75, 3.05) is 6.61 Å². The van der Waals surface area contributed by atoms with Crippen molar-refractivity contribution in [1.29, 1.82) is 0 Å². The van der Waals surface area contributed by atoms with Gasteiger partial charge in [-0.05, 0) is 42.9 Å². The first-order chi connectivity index (χ1) is 9.04. The van der Waals surface area contributed by atoms with Crippen molar-refractivity contribution in [2.45, 2.75) is 46.0 Å². The number of benzene rings is 1. The molecule has 0 spiro atoms. The summed E-state index contributed by atoms with van der Waals surface area (Å²) in [6, 6.07) is 6.32. The Balaban J connectivity index is 2.46. The second-order valence-corrected chi connectivity index (χ2v) is 5.09. The lowest BCUT2D eigenvalue weighted by atomic mass is 10.0. The number of hydrogen-bond donors (Lipinski definition) is 2. The Labute approximate surface area is 115 Å². The lowest BCUT2D eigenvalue weighted by molar-refractivity contribution is 0.301. The van der Waals surface area contributed by atoms with Crippen LogP contribution >= 0.6 is 0 Å². The van der Waals surface area contributed by atoms with Gasteiger partial charge in [-0.2, -0.15) is 0 Å². The topological polar surface area (TPSA) is 67.8 Å². The molecule has 0 saturated carbocycles. The van der Waals surface area contributed by atoms with Crippen molar-refractivity contribution in [2.24, 2.45) is 10.9 Å². The molecule has 1 rings (SSSR count). The normalized spacial score (nSPS) is 11.9. The average Bonchev–Trinajstić information content (AvgIpc) is 2.37. The molecule has 0 aliphatic rings. The van der Waals surface area contributed by atoms with E-state index in [1.807, 2.05) is 0 Å². The number of nitrogens with zero attached hydrogens (tertiary/aromatic N) is 1. The van der Waals surface area contributed by atoms with Gasteiger partial charge in [0.1, 0.15) is 11.6 Å². The summed E-state index contributed by atoms with van der Waals surface area (Å²) in [7, 11) is 0. The molecule has 1 aromatic carbocycles. The molecule has 1 aromatic rings. The predicted octanol–water partition coefficient (Wildman–Crippen LogP) is 3.41. The van der Waals surface area contributed by atoms with E-state index in [2.05, 4.69) is 44.1 Å². The van der Waals surface area contributed by atoms with Gasteiger partial charge in [0.15, 0.2) is 0 Å². The van der Waals surface area contributed by atoms with Crippen LogP contribution in [0, 0.1) is 6.92 Å². The first-order valence-corrected chi connectivity index (χ1v) is 6.74. The van der Waals surface area contributed by atoms with E-state index in [0.29, 0.717) is 18.9 Å². The number of amidine groups is 1. The van der Waals surface area contributed by atoms with Crippen molar-refractivity contribution in [1.82, 2.24) is 0 Å². The van der Waals surface area contributed by atoms with Crippen LogP contribution in [0.4, 0.5) is 0 Å². The molecule has 0 aromatic heterocycles. The van der Waals surface area contributed by atoms with Crippen LogP contribution in [0.3, 0.4) is 0 Å². The fourth-order valence-corrected chi connectivity index (χ4v) is 1.88. The van der Waals surface area contributed by atoms with Crippen LogP contribution in [0.25, 0.3) is 0 Å². The second-order valence-electron chi connectivity index (χ2n) is 5.09. The number of hydrogen-bond acceptors (Lipinski definition) is 3. The molecule has 0 aliphatic carbocycles. The van der Waals surface area contributed by atoms with E-state index in [0.717, 1.165) is 18.6 Å². The molecule has 4 heteroatoms. The zero-order valence-electron chi connectivity index (χ0n) is 12.0. The van der Waals surface area contributed by atoms with Crippen LogP contribution in [-0.2, 0) is 0 Å². The minimum absolute atomic E-state index is 0.276. The summed E-state index contributed by atoms with van der Waals surface area (Å²) >= 11 is 0. The third-order valence-electron chi connectivity index (χ3n) is 3.00. The summed E-state index contributed by atoms with van der Waals surface area (Å²) in [4.78, 5) is 0. The van der Waals surface area contributed by atoms with Gasteiger partial charge in [-0.1, -0.05) is 31.1 Å². The Morgan fingerprint density at radius 2 is 2.11 bits per heavy atom. The van der Waals surface area contributed by atoms with Crippen LogP contribution in [0.15, 0.2) is 23.4 Å². The number of nitrogens with two attached hydrogens (primary N) is 1. The minimum Gasteiger partial charge on any atom is -0.493 e. The maximum Gasteiger partial charge on any atom is 0.139 e. The highest BCUT2D eigenvalue weighted by Gasteiger charge is 2.07. The molecular weight excluding hydrogens is 240 g/mol. The Bertz CT molecular complexity index is 428. The van der Waals surface area contributed by atoms with Crippen LogP contribution in [0.1, 0.15) is 50.2 Å². The summed E-state index contributed by atoms with van der Waals surface area (Å²) in [5.41, 5.74) is 7.85. The molecule has 3 N–H and O–H groups in total. The maximum atomic E-state index is 8.43. The van der Waals surface area contributed by atoms with Gasteiger partial charge >= 0.3 is 0 Å². The molecule has 0 saturated heterocycles. The number of ether oxygens (including phenoxy) is 1. The van der Waals surface area contributed by atoms with E-state index in [1.54, 1.807) is 0 Å². The standard InChI is InChI=1S/C15H24N2O2/c1-11(2)13-8-7-12(3)10-14(13)19-9-5-4-6-15(16)17-18/h7-8,10-11,18H,4-6,9H2,1-3H3,(H2,16,17). The van der Waals surface area contributed by atoms with Crippen LogP contribution in [0.5, 0.6) is 5.75 Å². The third-order valence-corrected chi connectivity index (χ3v) is 3.00. The largest absolute Gasteiger partial charge is 0.493 e. The fraction of sp³-hybridized carbons (Fsp3) is 0.533. The molecule has 0 fully saturated rings. The molecule has 0 bridgehead atoms. The minimum atomic E-state index is 0.276. The van der Waals surface area contributed by atoms with Gasteiger partial charge in [0.2, 0.25) is 0 Å². The highest BCUT2D eigenvalue weighted by Crippen LogP contribution is 2.27. The van der Waals surface area contributed by atoms with E-state index in [4.69, 9.17) is 15.7 Å². The molecule has 0 radical (unpaired) electrons. The first-order valence-electron chi connectivity index (χ1n) is 6.74. The Morgan fingerprint density at radius 1 is 1.37 bits per heavy atom. The molecule has 0 heterocycles. The van der Waals surface area contributed by atoms with E-state index < -0.39 is 0 Å². The lowest BCUT2D eigenvalue weighted by Crippen LogP contribution is -2.11. The zero-order valence-corrected chi connectivity index (χ0v) is 12.0. The fourth-order valence-electron chi connectivity index (χ4n) is 1.88. The Morgan fingerprint density at radius 3 is 2.74 bits per heavy atom. The van der Waals surface area contributed by atoms with E-state index >= 15 is 0 Å². The predicted molar refractivity (Wildman–Crippen MR) is 78.0 cm³/mol. The van der Waals surface area contributed by atoms with E-state index in [9.17, 15) is 0 Å². The monoisotopic (exact) mass is 264 g/mol. The number of unbranched alkanes of at least 4 members (excludes halogenated alkanes) is 1. The number of oxime groups is 1. The molecule has 0 amide bonds. The van der Waals surface area contributed by atoms with Gasteiger partial charge in [0.25, 0.3) is 0 Å². The van der Waals surface area contributed by atoms with Crippen molar-refractivity contribution < 1.29 is 9.94 Å². The molecule has 106 valence electrons. The van der Waals surface area contributed by atoms with Gasteiger partial charge in [-0.25, -0.2) is 0 Å². The summed E-state index contributed by atoms with van der Waals surface area (Å²) < 4.78 is 5.85.